The Labute approximate surface area is 169 Å². The smallest absolute Gasteiger partial charge is 0.272 e. The summed E-state index contributed by atoms with van der Waals surface area (Å²) >= 11 is 0. The molecule has 1 fully saturated rings. The van der Waals surface area contributed by atoms with Gasteiger partial charge in [-0.3, -0.25) is 4.79 Å². The Morgan fingerprint density at radius 3 is 2.69 bits per heavy atom. The van der Waals surface area contributed by atoms with E-state index in [2.05, 4.69) is 46.1 Å². The van der Waals surface area contributed by atoms with Crippen LogP contribution in [0.15, 0.2) is 66.9 Å². The van der Waals surface area contributed by atoms with Gasteiger partial charge in [-0.25, -0.2) is 9.97 Å². The highest BCUT2D eigenvalue weighted by atomic mass is 16.2. The van der Waals surface area contributed by atoms with Crippen LogP contribution in [-0.2, 0) is 0 Å². The van der Waals surface area contributed by atoms with Gasteiger partial charge in [0.15, 0.2) is 0 Å². The molecule has 0 unspecified atom stereocenters. The largest absolute Gasteiger partial charge is 0.339 e. The van der Waals surface area contributed by atoms with Gasteiger partial charge in [0.1, 0.15) is 11.3 Å². The van der Waals surface area contributed by atoms with Crippen molar-refractivity contribution in [2.75, 3.05) is 13.1 Å². The summed E-state index contributed by atoms with van der Waals surface area (Å²) in [6, 6.07) is 20.0. The Morgan fingerprint density at radius 1 is 1.07 bits per heavy atom. The molecule has 4 heterocycles. The molecule has 29 heavy (non-hydrogen) atoms. The molecule has 0 aliphatic carbocycles. The molecule has 1 N–H and O–H groups in total. The number of pyridine rings is 2. The van der Waals surface area contributed by atoms with Crippen LogP contribution in [0.3, 0.4) is 0 Å². The van der Waals surface area contributed by atoms with Crippen molar-refractivity contribution >= 4 is 16.9 Å². The van der Waals surface area contributed by atoms with Gasteiger partial charge in [0.05, 0.1) is 5.69 Å². The number of amides is 1. The monoisotopic (exact) mass is 382 g/mol. The summed E-state index contributed by atoms with van der Waals surface area (Å²) in [7, 11) is 0. The van der Waals surface area contributed by atoms with Crippen LogP contribution in [0.4, 0.5) is 0 Å². The van der Waals surface area contributed by atoms with E-state index in [0.29, 0.717) is 11.6 Å². The van der Waals surface area contributed by atoms with E-state index in [-0.39, 0.29) is 5.91 Å². The standard InChI is InChI=1S/C24H22N4O/c1-2-16-14-28(15-16)24(29)21-10-6-9-20(26-21)19-11-18-12-22(27-23(18)25-13-19)17-7-4-3-5-8-17/h3-13,16H,2,14-15H2,1H3,(H,25,27). The molecular formula is C24H22N4O. The molecule has 1 saturated heterocycles. The molecule has 4 aromatic rings. The molecule has 1 aliphatic heterocycles. The highest BCUT2D eigenvalue weighted by Crippen LogP contribution is 2.27. The summed E-state index contributed by atoms with van der Waals surface area (Å²) in [4.78, 5) is 27.1. The minimum absolute atomic E-state index is 0.0126. The molecule has 0 bridgehead atoms. The minimum atomic E-state index is 0.0126. The molecule has 1 amide bonds. The van der Waals surface area contributed by atoms with Crippen molar-refractivity contribution in [3.05, 3.63) is 72.6 Å². The number of aromatic nitrogens is 3. The van der Waals surface area contributed by atoms with Gasteiger partial charge >= 0.3 is 0 Å². The Bertz CT molecular complexity index is 1180. The lowest BCUT2D eigenvalue weighted by atomic mass is 9.97. The van der Waals surface area contributed by atoms with Crippen molar-refractivity contribution in [3.8, 4) is 22.5 Å². The number of rotatable bonds is 4. The Hall–Kier alpha value is -3.47. The molecule has 0 atom stereocenters. The number of nitrogens with zero attached hydrogens (tertiary/aromatic N) is 3. The van der Waals surface area contributed by atoms with Gasteiger partial charge in [-0.15, -0.1) is 0 Å². The fraction of sp³-hybridized carbons (Fsp3) is 0.208. The van der Waals surface area contributed by atoms with Crippen molar-refractivity contribution in [1.82, 2.24) is 19.9 Å². The molecule has 0 radical (unpaired) electrons. The van der Waals surface area contributed by atoms with Crippen molar-refractivity contribution in [2.24, 2.45) is 5.92 Å². The van der Waals surface area contributed by atoms with E-state index in [0.717, 1.165) is 53.1 Å². The summed E-state index contributed by atoms with van der Waals surface area (Å²) in [5, 5.41) is 1.02. The Balaban J connectivity index is 1.44. The van der Waals surface area contributed by atoms with Crippen molar-refractivity contribution in [1.29, 1.82) is 0 Å². The van der Waals surface area contributed by atoms with Gasteiger partial charge in [-0.1, -0.05) is 43.3 Å². The fourth-order valence-electron chi connectivity index (χ4n) is 3.80. The van der Waals surface area contributed by atoms with Crippen molar-refractivity contribution in [2.45, 2.75) is 13.3 Å². The van der Waals surface area contributed by atoms with Gasteiger partial charge in [0, 0.05) is 35.9 Å². The van der Waals surface area contributed by atoms with Crippen molar-refractivity contribution in [3.63, 3.8) is 0 Å². The fourth-order valence-corrected chi connectivity index (χ4v) is 3.80. The molecule has 0 spiro atoms. The maximum absolute atomic E-state index is 12.7. The van der Waals surface area contributed by atoms with Crippen LogP contribution < -0.4 is 0 Å². The van der Waals surface area contributed by atoms with E-state index in [1.807, 2.05) is 35.2 Å². The molecule has 5 rings (SSSR count). The van der Waals surface area contributed by atoms with Gasteiger partial charge in [-0.2, -0.15) is 0 Å². The number of carbonyl (C=O) groups excluding carboxylic acids is 1. The molecular weight excluding hydrogens is 360 g/mol. The number of benzene rings is 1. The molecule has 144 valence electrons. The van der Waals surface area contributed by atoms with Crippen LogP contribution in [-0.4, -0.2) is 38.8 Å². The zero-order valence-electron chi connectivity index (χ0n) is 16.3. The van der Waals surface area contributed by atoms with Gasteiger partial charge in [-0.05, 0) is 42.2 Å². The second-order valence-corrected chi connectivity index (χ2v) is 7.60. The summed E-state index contributed by atoms with van der Waals surface area (Å²) in [6.45, 7) is 3.83. The summed E-state index contributed by atoms with van der Waals surface area (Å²) in [5.41, 5.74) is 5.16. The SMILES string of the molecule is CCC1CN(C(=O)c2cccc(-c3cnc4[nH]c(-c5ccccc5)cc4c3)n2)C1. The highest BCUT2D eigenvalue weighted by molar-refractivity contribution is 5.93. The van der Waals surface area contributed by atoms with Crippen LogP contribution >= 0.6 is 0 Å². The third kappa shape index (κ3) is 3.29. The van der Waals surface area contributed by atoms with Gasteiger partial charge < -0.3 is 9.88 Å². The normalized spacial score (nSPS) is 14.2. The lowest BCUT2D eigenvalue weighted by Gasteiger charge is -2.38. The second-order valence-electron chi connectivity index (χ2n) is 7.60. The Morgan fingerprint density at radius 2 is 1.90 bits per heavy atom. The van der Waals surface area contributed by atoms with E-state index in [4.69, 9.17) is 0 Å². The molecule has 5 nitrogen and oxygen atoms in total. The van der Waals surface area contributed by atoms with Crippen LogP contribution in [0, 0.1) is 5.92 Å². The summed E-state index contributed by atoms with van der Waals surface area (Å²) in [6.07, 6.45) is 2.92. The molecule has 0 saturated carbocycles. The number of nitrogens with one attached hydrogen (secondary N) is 1. The van der Waals surface area contributed by atoms with E-state index in [9.17, 15) is 4.79 Å². The summed E-state index contributed by atoms with van der Waals surface area (Å²) in [5.74, 6) is 0.639. The van der Waals surface area contributed by atoms with Gasteiger partial charge in [0.25, 0.3) is 5.91 Å². The third-order valence-electron chi connectivity index (χ3n) is 5.64. The predicted molar refractivity (Wildman–Crippen MR) is 114 cm³/mol. The summed E-state index contributed by atoms with van der Waals surface area (Å²) < 4.78 is 0. The number of likely N-dealkylation sites (tertiary alicyclic amines) is 1. The number of fused-ring (bicyclic) bond motifs is 1. The maximum atomic E-state index is 12.7. The first-order valence-corrected chi connectivity index (χ1v) is 10.0. The zero-order valence-corrected chi connectivity index (χ0v) is 16.3. The molecule has 3 aromatic heterocycles. The van der Waals surface area contributed by atoms with E-state index in [1.54, 1.807) is 12.3 Å². The van der Waals surface area contributed by atoms with Gasteiger partial charge in [0.2, 0.25) is 0 Å². The topological polar surface area (TPSA) is 61.9 Å². The number of hydrogen-bond donors (Lipinski definition) is 1. The predicted octanol–water partition coefficient (Wildman–Crippen LogP) is 4.77. The molecule has 1 aromatic carbocycles. The highest BCUT2D eigenvalue weighted by Gasteiger charge is 2.30. The quantitative estimate of drug-likeness (QED) is 0.553. The third-order valence-corrected chi connectivity index (χ3v) is 5.64. The van der Waals surface area contributed by atoms with E-state index >= 15 is 0 Å². The van der Waals surface area contributed by atoms with Crippen LogP contribution in [0.1, 0.15) is 23.8 Å². The average Bonchev–Trinajstić information content (AvgIpc) is 3.17. The lowest BCUT2D eigenvalue weighted by molar-refractivity contribution is 0.0488. The minimum Gasteiger partial charge on any atom is -0.339 e. The van der Waals surface area contributed by atoms with Crippen LogP contribution in [0.5, 0.6) is 0 Å². The first kappa shape index (κ1) is 17.6. The molecule has 1 aliphatic rings. The molecule has 5 heteroatoms. The maximum Gasteiger partial charge on any atom is 0.272 e. The number of H-pyrrole nitrogens is 1. The number of carbonyl (C=O) groups is 1. The lowest BCUT2D eigenvalue weighted by Crippen LogP contribution is -2.49. The second kappa shape index (κ2) is 7.17. The zero-order chi connectivity index (χ0) is 19.8. The van der Waals surface area contributed by atoms with E-state index < -0.39 is 0 Å². The van der Waals surface area contributed by atoms with Crippen LogP contribution in [0.2, 0.25) is 0 Å². The average molecular weight is 382 g/mol. The number of hydrogen-bond acceptors (Lipinski definition) is 3. The van der Waals surface area contributed by atoms with E-state index in [1.165, 1.54) is 0 Å². The Kier molecular flexibility index (Phi) is 4.35. The van der Waals surface area contributed by atoms with Crippen molar-refractivity contribution < 1.29 is 4.79 Å². The number of aromatic amines is 1. The first-order chi connectivity index (χ1) is 14.2. The van der Waals surface area contributed by atoms with Crippen LogP contribution in [0.25, 0.3) is 33.5 Å². The first-order valence-electron chi connectivity index (χ1n) is 10.0.